The van der Waals surface area contributed by atoms with E-state index in [1.54, 1.807) is 0 Å². The van der Waals surface area contributed by atoms with Crippen molar-refractivity contribution in [3.63, 3.8) is 0 Å². The molecule has 1 aliphatic heterocycles. The van der Waals surface area contributed by atoms with Gasteiger partial charge in [-0.1, -0.05) is 6.07 Å². The first-order valence-electron chi connectivity index (χ1n) is 9.82. The fraction of sp³-hybridized carbons (Fsp3) is 0.391. The van der Waals surface area contributed by atoms with Gasteiger partial charge in [-0.05, 0) is 73.2 Å². The van der Waals surface area contributed by atoms with Gasteiger partial charge in [-0.15, -0.1) is 0 Å². The highest BCUT2D eigenvalue weighted by Crippen LogP contribution is 2.33. The number of fused-ring (bicyclic) bond motifs is 1. The quantitative estimate of drug-likeness (QED) is 0.613. The van der Waals surface area contributed by atoms with Crippen LogP contribution in [0.15, 0.2) is 24.3 Å². The molecule has 6 heteroatoms. The van der Waals surface area contributed by atoms with Crippen molar-refractivity contribution < 1.29 is 14.3 Å². The van der Waals surface area contributed by atoms with Crippen LogP contribution in [0.2, 0.25) is 0 Å². The molecule has 1 atom stereocenters. The van der Waals surface area contributed by atoms with Crippen molar-refractivity contribution in [3.8, 4) is 5.75 Å². The predicted octanol–water partition coefficient (Wildman–Crippen LogP) is 3.43. The molecule has 3 rings (SSSR count). The van der Waals surface area contributed by atoms with Gasteiger partial charge in [0.25, 0.3) is 0 Å². The van der Waals surface area contributed by atoms with E-state index >= 15 is 0 Å². The number of rotatable bonds is 4. The summed E-state index contributed by atoms with van der Waals surface area (Å²) in [7, 11) is 3.99. The molecule has 154 valence electrons. The normalized spacial score (nSPS) is 15.4. The molecule has 6 nitrogen and oxygen atoms in total. The number of nitrogens with one attached hydrogen (secondary N) is 2. The monoisotopic (exact) mass is 395 g/mol. The summed E-state index contributed by atoms with van der Waals surface area (Å²) in [6, 6.07) is 7.73. The van der Waals surface area contributed by atoms with E-state index in [1.807, 2.05) is 45.8 Å². The van der Waals surface area contributed by atoms with Crippen LogP contribution in [0.5, 0.6) is 5.75 Å². The summed E-state index contributed by atoms with van der Waals surface area (Å²) in [5.74, 6) is 0.112. The Morgan fingerprint density at radius 1 is 1.14 bits per heavy atom. The zero-order valence-electron chi connectivity index (χ0n) is 18.0. The Balaban J connectivity index is 1.91. The first-order chi connectivity index (χ1) is 13.7. The number of hydrogen-bond donors (Lipinski definition) is 2. The van der Waals surface area contributed by atoms with Gasteiger partial charge >= 0.3 is 5.97 Å². The zero-order chi connectivity index (χ0) is 21.3. The SMILES string of the molecule is CC(=O)Oc1c(C)cc(NC(=O)C2NCCc3ccc(N(C)C)cc32)c(C)c1C. The van der Waals surface area contributed by atoms with Crippen LogP contribution in [-0.2, 0) is 16.0 Å². The highest BCUT2D eigenvalue weighted by atomic mass is 16.5. The van der Waals surface area contributed by atoms with Crippen molar-refractivity contribution in [2.24, 2.45) is 0 Å². The Kier molecular flexibility index (Phi) is 5.94. The van der Waals surface area contributed by atoms with Gasteiger partial charge in [-0.3, -0.25) is 9.59 Å². The lowest BCUT2D eigenvalue weighted by atomic mass is 9.92. The Hall–Kier alpha value is -2.86. The lowest BCUT2D eigenvalue weighted by Crippen LogP contribution is -2.38. The Morgan fingerprint density at radius 3 is 2.52 bits per heavy atom. The zero-order valence-corrected chi connectivity index (χ0v) is 18.0. The third-order valence-corrected chi connectivity index (χ3v) is 5.49. The first-order valence-corrected chi connectivity index (χ1v) is 9.82. The summed E-state index contributed by atoms with van der Waals surface area (Å²) in [6.07, 6.45) is 0.904. The van der Waals surface area contributed by atoms with Gasteiger partial charge in [-0.25, -0.2) is 0 Å². The van der Waals surface area contributed by atoms with Crippen molar-refractivity contribution >= 4 is 23.3 Å². The number of carbonyl (C=O) groups is 2. The standard InChI is InChI=1S/C23H29N3O3/c1-13-11-20(14(2)15(3)22(13)29-16(4)27)25-23(28)21-19-12-18(26(5)6)8-7-17(19)9-10-24-21/h7-8,11-12,21,24H,9-10H2,1-6H3,(H,25,28). The van der Waals surface area contributed by atoms with E-state index in [0.29, 0.717) is 5.75 Å². The maximum Gasteiger partial charge on any atom is 0.308 e. The molecule has 1 aliphatic rings. The van der Waals surface area contributed by atoms with E-state index in [1.165, 1.54) is 12.5 Å². The third kappa shape index (κ3) is 4.27. The van der Waals surface area contributed by atoms with Crippen LogP contribution in [0.1, 0.15) is 40.8 Å². The van der Waals surface area contributed by atoms with Crippen molar-refractivity contribution in [1.29, 1.82) is 0 Å². The summed E-state index contributed by atoms with van der Waals surface area (Å²) in [4.78, 5) is 26.6. The van der Waals surface area contributed by atoms with E-state index in [0.717, 1.165) is 46.6 Å². The molecule has 29 heavy (non-hydrogen) atoms. The minimum absolute atomic E-state index is 0.0935. The van der Waals surface area contributed by atoms with Gasteiger partial charge in [0.1, 0.15) is 11.8 Å². The lowest BCUT2D eigenvalue weighted by molar-refractivity contribution is -0.132. The number of ether oxygens (including phenoxy) is 1. The number of hydrogen-bond acceptors (Lipinski definition) is 5. The maximum atomic E-state index is 13.2. The summed E-state index contributed by atoms with van der Waals surface area (Å²) in [5, 5.41) is 6.42. The third-order valence-electron chi connectivity index (χ3n) is 5.49. The topological polar surface area (TPSA) is 70.7 Å². The van der Waals surface area contributed by atoms with E-state index in [2.05, 4.69) is 28.8 Å². The van der Waals surface area contributed by atoms with Crippen LogP contribution in [0.4, 0.5) is 11.4 Å². The van der Waals surface area contributed by atoms with Crippen molar-refractivity contribution in [3.05, 3.63) is 52.1 Å². The Bertz CT molecular complexity index is 966. The molecule has 1 unspecified atom stereocenters. The number of esters is 1. The number of nitrogens with zero attached hydrogens (tertiary/aromatic N) is 1. The summed E-state index contributed by atoms with van der Waals surface area (Å²) < 4.78 is 5.35. The summed E-state index contributed by atoms with van der Waals surface area (Å²) >= 11 is 0. The molecule has 0 radical (unpaired) electrons. The molecule has 0 spiro atoms. The van der Waals surface area contributed by atoms with Crippen LogP contribution in [0, 0.1) is 20.8 Å². The molecule has 0 aromatic heterocycles. The minimum atomic E-state index is -0.410. The Morgan fingerprint density at radius 2 is 1.86 bits per heavy atom. The first kappa shape index (κ1) is 20.9. The number of benzene rings is 2. The summed E-state index contributed by atoms with van der Waals surface area (Å²) in [6.45, 7) is 7.84. The fourth-order valence-corrected chi connectivity index (χ4v) is 3.75. The van der Waals surface area contributed by atoms with Crippen LogP contribution >= 0.6 is 0 Å². The maximum absolute atomic E-state index is 13.2. The van der Waals surface area contributed by atoms with Crippen LogP contribution in [0.3, 0.4) is 0 Å². The van der Waals surface area contributed by atoms with Crippen molar-refractivity contribution in [2.45, 2.75) is 40.2 Å². The average Bonchev–Trinajstić information content (AvgIpc) is 2.68. The smallest absolute Gasteiger partial charge is 0.308 e. The number of amides is 1. The van der Waals surface area contributed by atoms with Gasteiger partial charge < -0.3 is 20.3 Å². The molecule has 1 amide bonds. The number of anilines is 2. The van der Waals surface area contributed by atoms with E-state index in [9.17, 15) is 9.59 Å². The van der Waals surface area contributed by atoms with Crippen LogP contribution in [-0.4, -0.2) is 32.5 Å². The van der Waals surface area contributed by atoms with Gasteiger partial charge in [0.2, 0.25) is 5.91 Å². The molecular formula is C23H29N3O3. The van der Waals surface area contributed by atoms with Gasteiger partial charge in [-0.2, -0.15) is 0 Å². The van der Waals surface area contributed by atoms with E-state index in [4.69, 9.17) is 4.74 Å². The van der Waals surface area contributed by atoms with Gasteiger partial charge in [0, 0.05) is 38.9 Å². The predicted molar refractivity (Wildman–Crippen MR) is 116 cm³/mol. The number of carbonyl (C=O) groups excluding carboxylic acids is 2. The molecule has 0 saturated heterocycles. The van der Waals surface area contributed by atoms with E-state index in [-0.39, 0.29) is 11.9 Å². The molecule has 0 aliphatic carbocycles. The Labute approximate surface area is 172 Å². The minimum Gasteiger partial charge on any atom is -0.426 e. The molecule has 0 bridgehead atoms. The second-order valence-electron chi connectivity index (χ2n) is 7.82. The van der Waals surface area contributed by atoms with Gasteiger partial charge in [0.05, 0.1) is 0 Å². The largest absolute Gasteiger partial charge is 0.426 e. The fourth-order valence-electron chi connectivity index (χ4n) is 3.75. The number of aryl methyl sites for hydroxylation is 1. The van der Waals surface area contributed by atoms with Crippen molar-refractivity contribution in [1.82, 2.24) is 5.32 Å². The highest BCUT2D eigenvalue weighted by molar-refractivity contribution is 5.97. The lowest BCUT2D eigenvalue weighted by Gasteiger charge is -2.28. The van der Waals surface area contributed by atoms with Crippen molar-refractivity contribution in [2.75, 3.05) is 30.9 Å². The molecule has 2 aromatic carbocycles. The molecule has 2 N–H and O–H groups in total. The molecule has 0 fully saturated rings. The van der Waals surface area contributed by atoms with Crippen LogP contribution in [0.25, 0.3) is 0 Å². The average molecular weight is 396 g/mol. The molecular weight excluding hydrogens is 366 g/mol. The second kappa shape index (κ2) is 8.25. The van der Waals surface area contributed by atoms with E-state index < -0.39 is 6.04 Å². The summed E-state index contributed by atoms with van der Waals surface area (Å²) in [5.41, 5.74) is 6.56. The molecule has 2 aromatic rings. The second-order valence-corrected chi connectivity index (χ2v) is 7.82. The molecule has 1 heterocycles. The molecule has 0 saturated carbocycles. The van der Waals surface area contributed by atoms with Gasteiger partial charge in [0.15, 0.2) is 0 Å². The highest BCUT2D eigenvalue weighted by Gasteiger charge is 2.27. The van der Waals surface area contributed by atoms with Crippen LogP contribution < -0.4 is 20.3 Å².